The Labute approximate surface area is 233 Å². The lowest BCUT2D eigenvalue weighted by molar-refractivity contribution is -0.218. The fourth-order valence-electron chi connectivity index (χ4n) is 5.98. The second kappa shape index (κ2) is 8.45. The summed E-state index contributed by atoms with van der Waals surface area (Å²) in [4.78, 5) is 14.3. The van der Waals surface area contributed by atoms with Crippen molar-refractivity contribution in [3.05, 3.63) is 94.5 Å². The van der Waals surface area contributed by atoms with Crippen LogP contribution in [0.25, 0.3) is 0 Å². The molecule has 0 radical (unpaired) electrons. The quantitative estimate of drug-likeness (QED) is 0.247. The van der Waals surface area contributed by atoms with E-state index in [1.165, 1.54) is 30.3 Å². The number of Topliss-reactive ketones (excluding diaryl/α,β-unsaturated/α-hetero) is 1. The normalized spacial score (nSPS) is 23.7. The zero-order valence-electron chi connectivity index (χ0n) is 21.6. The minimum absolute atomic E-state index is 0.0638. The van der Waals surface area contributed by atoms with Gasteiger partial charge in [-0.2, -0.15) is 0 Å². The molecule has 10 heteroatoms. The number of carbonyl (C=O) groups is 1. The van der Waals surface area contributed by atoms with Crippen LogP contribution >= 0.6 is 0 Å². The van der Waals surface area contributed by atoms with Crippen LogP contribution in [0, 0.1) is 0 Å². The number of carbonyl (C=O) groups excluding carboxylic acids is 1. The highest BCUT2D eigenvalue weighted by Crippen LogP contribution is 2.64. The molecule has 0 saturated heterocycles. The number of aliphatic hydroxyl groups is 1. The van der Waals surface area contributed by atoms with E-state index in [0.717, 1.165) is 17.7 Å². The molecule has 4 aromatic carbocycles. The summed E-state index contributed by atoms with van der Waals surface area (Å²) in [7, 11) is 1.57. The molecular formula is C31H24O10. The summed E-state index contributed by atoms with van der Waals surface area (Å²) in [6.45, 7) is 0. The average molecular weight is 557 g/mol. The van der Waals surface area contributed by atoms with E-state index in [1.54, 1.807) is 19.2 Å². The van der Waals surface area contributed by atoms with Crippen LogP contribution in [0.2, 0.25) is 0 Å². The number of ketones is 1. The molecule has 4 aromatic rings. The van der Waals surface area contributed by atoms with Gasteiger partial charge in [0.2, 0.25) is 11.4 Å². The number of phenols is 4. The number of benzene rings is 4. The third kappa shape index (κ3) is 3.31. The standard InChI is InChI=1S/C31H24O10/c1-38-19-8-2-15(3-9-19)23-11-10-20-21(34)14-25-27(28(20)39-23)30(37)29(36)26-22(35)12-18(33)13-24(26)40-31(30,41-25)16-4-6-17(32)7-5-16/h2-9,12-14,23,32-35,37H,10-11H2,1H3/t23-,30+,31+/m1/s1. The van der Waals surface area contributed by atoms with Gasteiger partial charge in [0, 0.05) is 29.3 Å². The molecule has 10 nitrogen and oxygen atoms in total. The summed E-state index contributed by atoms with van der Waals surface area (Å²) in [5.74, 6) is -4.02. The molecule has 3 heterocycles. The van der Waals surface area contributed by atoms with Crippen LogP contribution in [0.4, 0.5) is 0 Å². The molecule has 3 aliphatic heterocycles. The van der Waals surface area contributed by atoms with Gasteiger partial charge in [0.15, 0.2) is 0 Å². The predicted octanol–water partition coefficient (Wildman–Crippen LogP) is 4.29. The van der Waals surface area contributed by atoms with Gasteiger partial charge >= 0.3 is 5.79 Å². The van der Waals surface area contributed by atoms with E-state index in [1.807, 2.05) is 12.1 Å². The molecule has 7 rings (SSSR count). The van der Waals surface area contributed by atoms with Gasteiger partial charge in [-0.3, -0.25) is 4.79 Å². The fourth-order valence-corrected chi connectivity index (χ4v) is 5.98. The topological polar surface area (TPSA) is 155 Å². The third-order valence-electron chi connectivity index (χ3n) is 7.94. The Hall–Kier alpha value is -5.09. The monoisotopic (exact) mass is 556 g/mol. The van der Waals surface area contributed by atoms with Crippen LogP contribution in [-0.4, -0.2) is 38.4 Å². The number of hydrogen-bond acceptors (Lipinski definition) is 10. The zero-order chi connectivity index (χ0) is 28.7. The highest BCUT2D eigenvalue weighted by atomic mass is 16.7. The average Bonchev–Trinajstić information content (AvgIpc) is 3.22. The van der Waals surface area contributed by atoms with Gasteiger partial charge in [0.1, 0.15) is 57.7 Å². The summed E-state index contributed by atoms with van der Waals surface area (Å²) >= 11 is 0. The van der Waals surface area contributed by atoms with Crippen molar-refractivity contribution in [2.24, 2.45) is 0 Å². The van der Waals surface area contributed by atoms with Gasteiger partial charge in [0.25, 0.3) is 0 Å². The SMILES string of the molecule is COc1ccc([C@H]2CCc3c(O)cc4c(c3O2)[C@]2(O)C(=O)c3c(O)cc(O)cc3O[C@@]2(c2ccc(O)cc2)O4)cc1. The van der Waals surface area contributed by atoms with E-state index in [4.69, 9.17) is 18.9 Å². The molecule has 3 aliphatic rings. The number of methoxy groups -OCH3 is 1. The number of rotatable bonds is 3. The van der Waals surface area contributed by atoms with Gasteiger partial charge in [-0.1, -0.05) is 12.1 Å². The molecule has 0 aliphatic carbocycles. The Balaban J connectivity index is 1.46. The van der Waals surface area contributed by atoms with Crippen LogP contribution in [0.1, 0.15) is 45.1 Å². The molecule has 0 bridgehead atoms. The molecule has 5 N–H and O–H groups in total. The highest BCUT2D eigenvalue weighted by molar-refractivity contribution is 6.10. The molecule has 0 amide bonds. The number of aromatic hydroxyl groups is 4. The van der Waals surface area contributed by atoms with E-state index < -0.39 is 29.0 Å². The Morgan fingerprint density at radius 3 is 2.27 bits per heavy atom. The lowest BCUT2D eigenvalue weighted by Crippen LogP contribution is -2.60. The highest BCUT2D eigenvalue weighted by Gasteiger charge is 2.72. The molecule has 41 heavy (non-hydrogen) atoms. The first kappa shape index (κ1) is 24.9. The van der Waals surface area contributed by atoms with Crippen molar-refractivity contribution < 1.29 is 49.3 Å². The Kier molecular flexibility index (Phi) is 5.14. The molecule has 0 fully saturated rings. The lowest BCUT2D eigenvalue weighted by Gasteiger charge is -2.43. The summed E-state index contributed by atoms with van der Waals surface area (Å²) in [6.07, 6.45) is 0.364. The van der Waals surface area contributed by atoms with Gasteiger partial charge < -0.3 is 44.5 Å². The van der Waals surface area contributed by atoms with E-state index in [-0.39, 0.29) is 51.2 Å². The Morgan fingerprint density at radius 1 is 0.854 bits per heavy atom. The Morgan fingerprint density at radius 2 is 1.56 bits per heavy atom. The minimum atomic E-state index is -2.62. The summed E-state index contributed by atoms with van der Waals surface area (Å²) in [5, 5.41) is 54.3. The van der Waals surface area contributed by atoms with Crippen LogP contribution in [0.3, 0.4) is 0 Å². The molecule has 0 saturated carbocycles. The molecule has 3 atom stereocenters. The molecule has 0 spiro atoms. The second-order valence-corrected chi connectivity index (χ2v) is 10.2. The van der Waals surface area contributed by atoms with Crippen molar-refractivity contribution in [1.82, 2.24) is 0 Å². The maximum atomic E-state index is 14.3. The molecule has 0 unspecified atom stereocenters. The largest absolute Gasteiger partial charge is 0.508 e. The third-order valence-corrected chi connectivity index (χ3v) is 7.94. The maximum absolute atomic E-state index is 14.3. The molecule has 0 aromatic heterocycles. The van der Waals surface area contributed by atoms with E-state index in [2.05, 4.69) is 0 Å². The van der Waals surface area contributed by atoms with Crippen molar-refractivity contribution in [1.29, 1.82) is 0 Å². The van der Waals surface area contributed by atoms with Gasteiger partial charge in [-0.25, -0.2) is 0 Å². The molecule has 208 valence electrons. The number of phenolic OH excluding ortho intramolecular Hbond substituents is 4. The number of fused-ring (bicyclic) bond motifs is 6. The van der Waals surface area contributed by atoms with E-state index in [9.17, 15) is 30.3 Å². The summed E-state index contributed by atoms with van der Waals surface area (Å²) < 4.78 is 24.1. The predicted molar refractivity (Wildman–Crippen MR) is 142 cm³/mol. The van der Waals surface area contributed by atoms with Crippen molar-refractivity contribution in [2.75, 3.05) is 7.11 Å². The van der Waals surface area contributed by atoms with Crippen molar-refractivity contribution in [2.45, 2.75) is 30.3 Å². The van der Waals surface area contributed by atoms with Crippen LogP contribution in [0.15, 0.2) is 66.7 Å². The van der Waals surface area contributed by atoms with Gasteiger partial charge in [-0.15, -0.1) is 0 Å². The fraction of sp³-hybridized carbons (Fsp3) is 0.194. The van der Waals surface area contributed by atoms with Crippen LogP contribution in [0.5, 0.6) is 46.0 Å². The van der Waals surface area contributed by atoms with Crippen molar-refractivity contribution in [3.8, 4) is 46.0 Å². The van der Waals surface area contributed by atoms with Crippen LogP contribution in [-0.2, 0) is 17.8 Å². The second-order valence-electron chi connectivity index (χ2n) is 10.2. The maximum Gasteiger partial charge on any atom is 0.319 e. The first-order valence-electron chi connectivity index (χ1n) is 12.9. The van der Waals surface area contributed by atoms with Crippen molar-refractivity contribution in [3.63, 3.8) is 0 Å². The van der Waals surface area contributed by atoms with Gasteiger partial charge in [-0.05, 0) is 54.8 Å². The lowest BCUT2D eigenvalue weighted by atomic mass is 9.74. The molecular weight excluding hydrogens is 532 g/mol. The minimum Gasteiger partial charge on any atom is -0.508 e. The first-order chi connectivity index (χ1) is 19.7. The summed E-state index contributed by atoms with van der Waals surface area (Å²) in [6, 6.07) is 16.2. The number of ether oxygens (including phenoxy) is 4. The first-order valence-corrected chi connectivity index (χ1v) is 12.9. The smallest absolute Gasteiger partial charge is 0.319 e. The van der Waals surface area contributed by atoms with E-state index >= 15 is 0 Å². The summed E-state index contributed by atoms with van der Waals surface area (Å²) in [5.41, 5.74) is -1.72. The van der Waals surface area contributed by atoms with E-state index in [0.29, 0.717) is 24.2 Å². The van der Waals surface area contributed by atoms with Crippen molar-refractivity contribution >= 4 is 5.78 Å². The van der Waals surface area contributed by atoms with Gasteiger partial charge in [0.05, 0.1) is 12.7 Å². The zero-order valence-corrected chi connectivity index (χ0v) is 21.6. The number of hydrogen-bond donors (Lipinski definition) is 5. The van der Waals surface area contributed by atoms with Crippen LogP contribution < -0.4 is 18.9 Å². The Bertz CT molecular complexity index is 1730.